The van der Waals surface area contributed by atoms with E-state index in [9.17, 15) is 9.59 Å². The van der Waals surface area contributed by atoms with Gasteiger partial charge in [-0.15, -0.1) is 0 Å². The fourth-order valence-corrected chi connectivity index (χ4v) is 4.13. The van der Waals surface area contributed by atoms with E-state index in [1.165, 1.54) is 6.92 Å². The Kier molecular flexibility index (Phi) is 6.64. The number of rotatable bonds is 8. The Bertz CT molecular complexity index is 1440. The van der Waals surface area contributed by atoms with E-state index in [4.69, 9.17) is 19.3 Å². The molecule has 37 heavy (non-hydrogen) atoms. The molecule has 1 aliphatic carbocycles. The van der Waals surface area contributed by atoms with E-state index in [2.05, 4.69) is 5.32 Å². The average Bonchev–Trinajstić information content (AvgIpc) is 3.71. The molecule has 1 aliphatic rings. The molecule has 0 aliphatic heterocycles. The Labute approximate surface area is 214 Å². The molecule has 5 rings (SSSR count). The van der Waals surface area contributed by atoms with Gasteiger partial charge in [-0.05, 0) is 54.8 Å². The molecule has 1 saturated carbocycles. The number of carbonyl (C=O) groups is 2. The van der Waals surface area contributed by atoms with Crippen LogP contribution < -0.4 is 19.5 Å². The van der Waals surface area contributed by atoms with Crippen molar-refractivity contribution >= 4 is 17.6 Å². The topological polar surface area (TPSA) is 91.7 Å². The number of esters is 1. The number of ether oxygens (including phenoxy) is 3. The summed E-state index contributed by atoms with van der Waals surface area (Å²) in [5.74, 6) is 1.14. The summed E-state index contributed by atoms with van der Waals surface area (Å²) in [6.07, 6.45) is 1.86. The second-order valence-corrected chi connectivity index (χ2v) is 8.78. The molecule has 0 radical (unpaired) electrons. The number of carbonyl (C=O) groups excluding carboxylic acids is 2. The molecular weight excluding hydrogens is 470 g/mol. The fraction of sp³-hybridized carbons (Fsp3) is 0.207. The number of nitrogens with one attached hydrogen (secondary N) is 1. The number of para-hydroxylation sites is 1. The predicted octanol–water partition coefficient (Wildman–Crippen LogP) is 5.50. The van der Waals surface area contributed by atoms with Gasteiger partial charge in [0.05, 0.1) is 25.5 Å². The Morgan fingerprint density at radius 1 is 0.946 bits per heavy atom. The standard InChI is InChI=1S/C29H27N3O5/c1-18(33)37-29-26(19-11-13-21(14-12-19)30-28(34)20-9-10-20)27(31-32(29)22-7-5-4-6-8-22)24-16-15-23(35-2)17-25(24)36-3/h4-8,11-17,20H,9-10H2,1-3H3,(H,30,34). The summed E-state index contributed by atoms with van der Waals surface area (Å²) in [5, 5.41) is 7.85. The number of benzene rings is 3. The summed E-state index contributed by atoms with van der Waals surface area (Å²) in [7, 11) is 3.17. The minimum absolute atomic E-state index is 0.0360. The van der Waals surface area contributed by atoms with Crippen LogP contribution in [0.2, 0.25) is 0 Å². The molecule has 0 saturated heterocycles. The van der Waals surface area contributed by atoms with Crippen LogP contribution in [0.5, 0.6) is 17.4 Å². The van der Waals surface area contributed by atoms with Gasteiger partial charge < -0.3 is 19.5 Å². The van der Waals surface area contributed by atoms with Crippen LogP contribution in [0.15, 0.2) is 72.8 Å². The number of nitrogens with zero attached hydrogens (tertiary/aromatic N) is 2. The fourth-order valence-electron chi connectivity index (χ4n) is 4.13. The predicted molar refractivity (Wildman–Crippen MR) is 140 cm³/mol. The lowest BCUT2D eigenvalue weighted by Crippen LogP contribution is -2.13. The smallest absolute Gasteiger partial charge is 0.309 e. The molecule has 1 N–H and O–H groups in total. The lowest BCUT2D eigenvalue weighted by Gasteiger charge is -2.12. The van der Waals surface area contributed by atoms with Gasteiger partial charge in [0.2, 0.25) is 11.8 Å². The van der Waals surface area contributed by atoms with Gasteiger partial charge >= 0.3 is 5.97 Å². The lowest BCUT2D eigenvalue weighted by molar-refractivity contribution is -0.132. The van der Waals surface area contributed by atoms with Crippen molar-refractivity contribution in [3.05, 3.63) is 72.8 Å². The van der Waals surface area contributed by atoms with Crippen LogP contribution in [0.1, 0.15) is 19.8 Å². The third-order valence-corrected chi connectivity index (χ3v) is 6.14. The van der Waals surface area contributed by atoms with E-state index < -0.39 is 5.97 Å². The first-order valence-electron chi connectivity index (χ1n) is 12.0. The highest BCUT2D eigenvalue weighted by molar-refractivity contribution is 5.95. The summed E-state index contributed by atoms with van der Waals surface area (Å²) < 4.78 is 18.4. The van der Waals surface area contributed by atoms with Gasteiger partial charge in [0.15, 0.2) is 0 Å². The SMILES string of the molecule is COc1ccc(-c2nn(-c3ccccc3)c(OC(C)=O)c2-c2ccc(NC(=O)C3CC3)cc2)c(OC)c1. The van der Waals surface area contributed by atoms with Crippen LogP contribution in [-0.2, 0) is 9.59 Å². The number of amides is 1. The van der Waals surface area contributed by atoms with Crippen molar-refractivity contribution in [2.75, 3.05) is 19.5 Å². The minimum atomic E-state index is -0.472. The molecular formula is C29H27N3O5. The van der Waals surface area contributed by atoms with Crippen LogP contribution in [0.3, 0.4) is 0 Å². The molecule has 3 aromatic carbocycles. The van der Waals surface area contributed by atoms with Gasteiger partial charge in [0, 0.05) is 30.2 Å². The van der Waals surface area contributed by atoms with Crippen LogP contribution in [0.25, 0.3) is 28.1 Å². The van der Waals surface area contributed by atoms with Crippen molar-refractivity contribution in [3.63, 3.8) is 0 Å². The molecule has 1 heterocycles. The van der Waals surface area contributed by atoms with Crippen molar-refractivity contribution in [2.24, 2.45) is 5.92 Å². The summed E-state index contributed by atoms with van der Waals surface area (Å²) in [6, 6.07) is 22.3. The molecule has 0 spiro atoms. The minimum Gasteiger partial charge on any atom is -0.497 e. The van der Waals surface area contributed by atoms with E-state index in [-0.39, 0.29) is 17.7 Å². The zero-order chi connectivity index (χ0) is 25.9. The highest BCUT2D eigenvalue weighted by Gasteiger charge is 2.30. The van der Waals surface area contributed by atoms with Gasteiger partial charge in [-0.3, -0.25) is 9.59 Å². The number of methoxy groups -OCH3 is 2. The van der Waals surface area contributed by atoms with E-state index in [1.807, 2.05) is 66.7 Å². The summed E-state index contributed by atoms with van der Waals surface area (Å²) >= 11 is 0. The normalized spacial score (nSPS) is 12.6. The average molecular weight is 498 g/mol. The van der Waals surface area contributed by atoms with Crippen molar-refractivity contribution in [2.45, 2.75) is 19.8 Å². The number of anilines is 1. The van der Waals surface area contributed by atoms with Crippen molar-refractivity contribution in [1.82, 2.24) is 9.78 Å². The number of aromatic nitrogens is 2. The molecule has 1 fully saturated rings. The number of hydrogen-bond acceptors (Lipinski definition) is 6. The van der Waals surface area contributed by atoms with E-state index >= 15 is 0 Å². The summed E-state index contributed by atoms with van der Waals surface area (Å²) in [5.41, 5.74) is 4.07. The van der Waals surface area contributed by atoms with Crippen LogP contribution in [0, 0.1) is 5.92 Å². The van der Waals surface area contributed by atoms with Crippen LogP contribution >= 0.6 is 0 Å². The Morgan fingerprint density at radius 2 is 1.68 bits per heavy atom. The molecule has 0 bridgehead atoms. The summed E-state index contributed by atoms with van der Waals surface area (Å²) in [6.45, 7) is 1.36. The maximum atomic E-state index is 12.2. The van der Waals surface area contributed by atoms with Gasteiger partial charge in [-0.25, -0.2) is 0 Å². The molecule has 0 unspecified atom stereocenters. The van der Waals surface area contributed by atoms with E-state index in [0.717, 1.165) is 24.1 Å². The lowest BCUT2D eigenvalue weighted by atomic mass is 10.00. The quantitative estimate of drug-likeness (QED) is 0.323. The molecule has 1 amide bonds. The monoisotopic (exact) mass is 497 g/mol. The zero-order valence-electron chi connectivity index (χ0n) is 20.9. The number of hydrogen-bond donors (Lipinski definition) is 1. The first-order valence-corrected chi connectivity index (χ1v) is 12.0. The molecule has 0 atom stereocenters. The van der Waals surface area contributed by atoms with Crippen molar-refractivity contribution in [1.29, 1.82) is 0 Å². The maximum Gasteiger partial charge on any atom is 0.309 e. The van der Waals surface area contributed by atoms with Gasteiger partial charge in [0.1, 0.15) is 17.2 Å². The highest BCUT2D eigenvalue weighted by Crippen LogP contribution is 2.44. The third kappa shape index (κ3) is 5.04. The first-order chi connectivity index (χ1) is 18.0. The Morgan fingerprint density at radius 3 is 2.30 bits per heavy atom. The molecule has 4 aromatic rings. The van der Waals surface area contributed by atoms with Gasteiger partial charge in [-0.2, -0.15) is 9.78 Å². The maximum absolute atomic E-state index is 12.2. The Hall–Kier alpha value is -4.59. The van der Waals surface area contributed by atoms with Crippen LogP contribution in [-0.4, -0.2) is 35.9 Å². The van der Waals surface area contributed by atoms with Gasteiger partial charge in [0.25, 0.3) is 0 Å². The first kappa shape index (κ1) is 24.1. The van der Waals surface area contributed by atoms with Crippen molar-refractivity contribution < 1.29 is 23.8 Å². The van der Waals surface area contributed by atoms with E-state index in [1.54, 1.807) is 25.0 Å². The molecule has 8 heteroatoms. The van der Waals surface area contributed by atoms with Crippen LogP contribution in [0.4, 0.5) is 5.69 Å². The second kappa shape index (κ2) is 10.2. The second-order valence-electron chi connectivity index (χ2n) is 8.78. The summed E-state index contributed by atoms with van der Waals surface area (Å²) in [4.78, 5) is 24.4. The van der Waals surface area contributed by atoms with Gasteiger partial charge in [-0.1, -0.05) is 30.3 Å². The molecule has 8 nitrogen and oxygen atoms in total. The Balaban J connectivity index is 1.69. The highest BCUT2D eigenvalue weighted by atomic mass is 16.5. The largest absolute Gasteiger partial charge is 0.497 e. The molecule has 1 aromatic heterocycles. The molecule has 188 valence electrons. The zero-order valence-corrected chi connectivity index (χ0v) is 20.9. The van der Waals surface area contributed by atoms with E-state index in [0.29, 0.717) is 34.0 Å². The third-order valence-electron chi connectivity index (χ3n) is 6.14. The van der Waals surface area contributed by atoms with Crippen molar-refractivity contribution in [3.8, 4) is 45.5 Å².